The molecule has 0 bridgehead atoms. The van der Waals surface area contributed by atoms with Crippen LogP contribution in [0.1, 0.15) is 0 Å². The van der Waals surface area contributed by atoms with Crippen LogP contribution in [0.3, 0.4) is 0 Å². The van der Waals surface area contributed by atoms with Gasteiger partial charge in [-0.1, -0.05) is 30.4 Å². The molecule has 2 nitrogen and oxygen atoms in total. The maximum Gasteiger partial charge on any atom is 0.150 e. The molecular weight excluding hydrogens is 230 g/mol. The molecule has 0 radical (unpaired) electrons. The van der Waals surface area contributed by atoms with Crippen LogP contribution in [0, 0.1) is 0 Å². The number of thiol groups is 1. The van der Waals surface area contributed by atoms with Crippen molar-refractivity contribution in [2.24, 2.45) is 0 Å². The van der Waals surface area contributed by atoms with Crippen LogP contribution in [0.4, 0.5) is 0 Å². The summed E-state index contributed by atoms with van der Waals surface area (Å²) in [5, 5.41) is 5.66. The molecule has 0 saturated carbocycles. The Morgan fingerprint density at radius 2 is 1.88 bits per heavy atom. The van der Waals surface area contributed by atoms with Crippen LogP contribution < -0.4 is 4.74 Å². The zero-order valence-electron chi connectivity index (χ0n) is 9.50. The van der Waals surface area contributed by atoms with E-state index in [9.17, 15) is 0 Å². The van der Waals surface area contributed by atoms with Crippen LogP contribution in [0.25, 0.3) is 10.9 Å². The number of para-hydroxylation sites is 1. The van der Waals surface area contributed by atoms with E-state index in [0.29, 0.717) is 0 Å². The highest BCUT2D eigenvalue weighted by Crippen LogP contribution is 2.49. The third-order valence-electron chi connectivity index (χ3n) is 2.80. The predicted octanol–water partition coefficient (Wildman–Crippen LogP) is 3.64. The largest absolute Gasteiger partial charge is 0.494 e. The topological polar surface area (TPSA) is 22.1 Å². The molecule has 0 N–H and O–H groups in total. The molecule has 3 heteroatoms. The summed E-state index contributed by atoms with van der Waals surface area (Å²) in [4.78, 5) is 5.68. The average Bonchev–Trinajstić information content (AvgIpc) is 2.91. The van der Waals surface area contributed by atoms with Gasteiger partial charge in [-0.25, -0.2) is 0 Å². The molecular formula is C14H13NOS. The fourth-order valence-electron chi connectivity index (χ4n) is 2.01. The third-order valence-corrected chi connectivity index (χ3v) is 4.76. The second kappa shape index (κ2) is 4.26. The van der Waals surface area contributed by atoms with Gasteiger partial charge in [0.15, 0.2) is 0 Å². The van der Waals surface area contributed by atoms with E-state index in [1.165, 1.54) is 10.3 Å². The summed E-state index contributed by atoms with van der Waals surface area (Å²) in [6.45, 7) is 0. The van der Waals surface area contributed by atoms with Crippen LogP contribution in [0.15, 0.2) is 58.3 Å². The van der Waals surface area contributed by atoms with Crippen molar-refractivity contribution in [3.63, 3.8) is 0 Å². The summed E-state index contributed by atoms with van der Waals surface area (Å²) >= 11 is 0. The second-order valence-corrected chi connectivity index (χ2v) is 5.64. The monoisotopic (exact) mass is 243 g/mol. The Labute approximate surface area is 103 Å². The van der Waals surface area contributed by atoms with Crippen molar-refractivity contribution >= 4 is 21.8 Å². The minimum Gasteiger partial charge on any atom is -0.494 e. The molecule has 1 aromatic heterocycles. The normalized spacial score (nSPS) is 15.7. The SMILES string of the molecule is COc1cnc2ccccc2c1[SH]1C=CC=C1. The zero-order chi connectivity index (χ0) is 11.7. The fourth-order valence-corrected chi connectivity index (χ4v) is 3.85. The highest BCUT2D eigenvalue weighted by atomic mass is 32.2. The van der Waals surface area contributed by atoms with E-state index in [4.69, 9.17) is 4.74 Å². The Morgan fingerprint density at radius 1 is 1.12 bits per heavy atom. The zero-order valence-corrected chi connectivity index (χ0v) is 10.4. The van der Waals surface area contributed by atoms with E-state index < -0.39 is 10.9 Å². The van der Waals surface area contributed by atoms with E-state index in [0.717, 1.165) is 11.3 Å². The van der Waals surface area contributed by atoms with E-state index in [-0.39, 0.29) is 0 Å². The Balaban J connectivity index is 2.31. The van der Waals surface area contributed by atoms with Gasteiger partial charge in [0.1, 0.15) is 5.75 Å². The number of hydrogen-bond donors (Lipinski definition) is 1. The first-order valence-corrected chi connectivity index (χ1v) is 6.93. The van der Waals surface area contributed by atoms with Crippen molar-refractivity contribution < 1.29 is 4.74 Å². The first-order valence-electron chi connectivity index (χ1n) is 5.45. The predicted molar refractivity (Wildman–Crippen MR) is 73.8 cm³/mol. The lowest BCUT2D eigenvalue weighted by atomic mass is 10.2. The molecule has 0 saturated heterocycles. The molecule has 0 atom stereocenters. The minimum atomic E-state index is -0.393. The van der Waals surface area contributed by atoms with E-state index >= 15 is 0 Å². The molecule has 2 aromatic rings. The van der Waals surface area contributed by atoms with E-state index in [1.54, 1.807) is 7.11 Å². The van der Waals surface area contributed by atoms with Crippen molar-refractivity contribution in [3.05, 3.63) is 53.4 Å². The van der Waals surface area contributed by atoms with Gasteiger partial charge in [-0.05, 0) is 16.9 Å². The molecule has 3 rings (SSSR count). The summed E-state index contributed by atoms with van der Waals surface area (Å²) in [6.07, 6.45) is 6.01. The average molecular weight is 243 g/mol. The third kappa shape index (κ3) is 1.72. The number of nitrogens with zero attached hydrogens (tertiary/aromatic N) is 1. The molecule has 0 aliphatic carbocycles. The number of allylic oxidation sites excluding steroid dienone is 2. The Kier molecular flexibility index (Phi) is 2.61. The number of pyridine rings is 1. The van der Waals surface area contributed by atoms with Gasteiger partial charge in [-0.15, -0.1) is 0 Å². The van der Waals surface area contributed by atoms with Gasteiger partial charge < -0.3 is 4.74 Å². The molecule has 1 aliphatic heterocycles. The van der Waals surface area contributed by atoms with E-state index in [2.05, 4.69) is 34.0 Å². The van der Waals surface area contributed by atoms with Crippen molar-refractivity contribution in [3.8, 4) is 5.75 Å². The highest BCUT2D eigenvalue weighted by molar-refractivity contribution is 8.22. The molecule has 0 spiro atoms. The lowest BCUT2D eigenvalue weighted by Gasteiger charge is -2.17. The summed E-state index contributed by atoms with van der Waals surface area (Å²) in [6, 6.07) is 8.21. The number of aromatic nitrogens is 1. The molecule has 86 valence electrons. The van der Waals surface area contributed by atoms with Crippen LogP contribution in [-0.4, -0.2) is 12.1 Å². The summed E-state index contributed by atoms with van der Waals surface area (Å²) in [5.74, 6) is 0.881. The standard InChI is InChI=1S/C14H13NOS/c1-16-13-10-15-12-7-3-2-6-11(12)14(13)17-8-4-5-9-17/h2-10,17H,1H3. The smallest absolute Gasteiger partial charge is 0.150 e. The van der Waals surface area contributed by atoms with Crippen LogP contribution in [0.5, 0.6) is 5.75 Å². The minimum absolute atomic E-state index is 0.393. The maximum absolute atomic E-state index is 5.45. The number of rotatable bonds is 2. The first kappa shape index (κ1) is 10.4. The van der Waals surface area contributed by atoms with Crippen molar-refractivity contribution in [2.45, 2.75) is 4.90 Å². The molecule has 17 heavy (non-hydrogen) atoms. The second-order valence-electron chi connectivity index (χ2n) is 3.78. The fraction of sp³-hybridized carbons (Fsp3) is 0.0714. The van der Waals surface area contributed by atoms with Gasteiger partial charge in [0.25, 0.3) is 0 Å². The molecule has 2 heterocycles. The van der Waals surface area contributed by atoms with Crippen LogP contribution in [-0.2, 0) is 0 Å². The quantitative estimate of drug-likeness (QED) is 0.813. The Bertz CT molecular complexity index is 607. The molecule has 0 unspecified atom stereocenters. The molecule has 0 fully saturated rings. The van der Waals surface area contributed by atoms with Gasteiger partial charge in [-0.2, -0.15) is 10.9 Å². The van der Waals surface area contributed by atoms with Crippen LogP contribution in [0.2, 0.25) is 0 Å². The number of benzene rings is 1. The highest BCUT2D eigenvalue weighted by Gasteiger charge is 2.14. The van der Waals surface area contributed by atoms with Gasteiger partial charge in [-0.3, -0.25) is 4.98 Å². The Hall–Kier alpha value is -1.74. The van der Waals surface area contributed by atoms with E-state index in [1.807, 2.05) is 24.4 Å². The molecule has 0 amide bonds. The summed E-state index contributed by atoms with van der Waals surface area (Å²) < 4.78 is 5.45. The van der Waals surface area contributed by atoms with Gasteiger partial charge in [0.05, 0.1) is 18.8 Å². The van der Waals surface area contributed by atoms with Gasteiger partial charge in [0, 0.05) is 10.3 Å². The number of fused-ring (bicyclic) bond motifs is 1. The Morgan fingerprint density at radius 3 is 2.65 bits per heavy atom. The molecule has 1 aliphatic rings. The maximum atomic E-state index is 5.45. The van der Waals surface area contributed by atoms with Gasteiger partial charge in [0.2, 0.25) is 0 Å². The lowest BCUT2D eigenvalue weighted by Crippen LogP contribution is -1.91. The lowest BCUT2D eigenvalue weighted by molar-refractivity contribution is 0.404. The number of hydrogen-bond acceptors (Lipinski definition) is 2. The van der Waals surface area contributed by atoms with Crippen molar-refractivity contribution in [2.75, 3.05) is 7.11 Å². The van der Waals surface area contributed by atoms with Crippen molar-refractivity contribution in [1.82, 2.24) is 4.98 Å². The van der Waals surface area contributed by atoms with Gasteiger partial charge >= 0.3 is 0 Å². The summed E-state index contributed by atoms with van der Waals surface area (Å²) in [7, 11) is 1.31. The summed E-state index contributed by atoms with van der Waals surface area (Å²) in [5.41, 5.74) is 1.03. The number of ether oxygens (including phenoxy) is 1. The first-order chi connectivity index (χ1) is 8.40. The molecule has 1 aromatic carbocycles. The number of methoxy groups -OCH3 is 1. The van der Waals surface area contributed by atoms with Crippen molar-refractivity contribution in [1.29, 1.82) is 0 Å². The van der Waals surface area contributed by atoms with Crippen LogP contribution >= 0.6 is 10.9 Å².